The highest BCUT2D eigenvalue weighted by Crippen LogP contribution is 2.30. The van der Waals surface area contributed by atoms with Gasteiger partial charge in [-0.3, -0.25) is 9.78 Å². The van der Waals surface area contributed by atoms with Crippen molar-refractivity contribution in [2.45, 2.75) is 12.5 Å². The molecule has 1 atom stereocenters. The molecule has 23 heavy (non-hydrogen) atoms. The van der Waals surface area contributed by atoms with E-state index in [9.17, 15) is 4.79 Å². The van der Waals surface area contributed by atoms with Crippen LogP contribution in [0.3, 0.4) is 0 Å². The summed E-state index contributed by atoms with van der Waals surface area (Å²) < 4.78 is 5.47. The number of benzene rings is 1. The minimum Gasteiger partial charge on any atom is -0.496 e. The molecule has 1 aromatic carbocycles. The number of hydrogen-bond donors (Lipinski definition) is 1. The van der Waals surface area contributed by atoms with Gasteiger partial charge in [-0.25, -0.2) is 0 Å². The molecule has 0 saturated carbocycles. The van der Waals surface area contributed by atoms with Crippen molar-refractivity contribution in [1.82, 2.24) is 15.2 Å². The molecule has 3 rings (SSSR count). The molecule has 2 heterocycles. The van der Waals surface area contributed by atoms with Crippen molar-refractivity contribution in [3.05, 3.63) is 59.9 Å². The number of ether oxygens (including phenoxy) is 1. The second-order valence-electron chi connectivity index (χ2n) is 5.59. The number of pyridine rings is 1. The van der Waals surface area contributed by atoms with Gasteiger partial charge in [-0.05, 0) is 17.7 Å². The van der Waals surface area contributed by atoms with Crippen LogP contribution in [0.5, 0.6) is 5.75 Å². The van der Waals surface area contributed by atoms with Gasteiger partial charge in [0, 0.05) is 37.6 Å². The molecule has 1 aromatic heterocycles. The predicted molar refractivity (Wildman–Crippen MR) is 88.3 cm³/mol. The highest BCUT2D eigenvalue weighted by Gasteiger charge is 2.29. The van der Waals surface area contributed by atoms with Gasteiger partial charge in [-0.15, -0.1) is 0 Å². The zero-order chi connectivity index (χ0) is 16.1. The average Bonchev–Trinajstić information content (AvgIpc) is 2.62. The SMILES string of the molecule is COc1ccccc1[C@H]1CNCCN1C(=O)Cc1cccnc1. The Morgan fingerprint density at radius 2 is 2.22 bits per heavy atom. The number of methoxy groups -OCH3 is 1. The number of carbonyl (C=O) groups is 1. The first-order chi connectivity index (χ1) is 11.3. The lowest BCUT2D eigenvalue weighted by Gasteiger charge is -2.37. The van der Waals surface area contributed by atoms with Crippen molar-refractivity contribution in [3.8, 4) is 5.75 Å². The summed E-state index contributed by atoms with van der Waals surface area (Å²) in [7, 11) is 1.66. The molecule has 0 unspecified atom stereocenters. The molecule has 0 spiro atoms. The zero-order valence-corrected chi connectivity index (χ0v) is 13.2. The molecule has 0 aliphatic carbocycles. The van der Waals surface area contributed by atoms with Crippen LogP contribution in [0.15, 0.2) is 48.8 Å². The van der Waals surface area contributed by atoms with E-state index < -0.39 is 0 Å². The zero-order valence-electron chi connectivity index (χ0n) is 13.2. The van der Waals surface area contributed by atoms with Gasteiger partial charge >= 0.3 is 0 Å². The molecular weight excluding hydrogens is 290 g/mol. The van der Waals surface area contributed by atoms with Gasteiger partial charge in [0.1, 0.15) is 5.75 Å². The second kappa shape index (κ2) is 7.24. The third kappa shape index (κ3) is 3.51. The van der Waals surface area contributed by atoms with E-state index in [0.29, 0.717) is 13.0 Å². The van der Waals surface area contributed by atoms with E-state index in [1.165, 1.54) is 0 Å². The summed E-state index contributed by atoms with van der Waals surface area (Å²) in [6.07, 6.45) is 3.84. The molecule has 1 aliphatic heterocycles. The number of rotatable bonds is 4. The van der Waals surface area contributed by atoms with Crippen molar-refractivity contribution in [1.29, 1.82) is 0 Å². The smallest absolute Gasteiger partial charge is 0.227 e. The third-order valence-electron chi connectivity index (χ3n) is 4.14. The van der Waals surface area contributed by atoms with Crippen molar-refractivity contribution < 1.29 is 9.53 Å². The number of hydrogen-bond acceptors (Lipinski definition) is 4. The van der Waals surface area contributed by atoms with E-state index in [2.05, 4.69) is 10.3 Å². The van der Waals surface area contributed by atoms with Crippen LogP contribution in [0.25, 0.3) is 0 Å². The van der Waals surface area contributed by atoms with E-state index in [0.717, 1.165) is 30.0 Å². The molecule has 1 N–H and O–H groups in total. The van der Waals surface area contributed by atoms with Crippen LogP contribution in [0.2, 0.25) is 0 Å². The number of para-hydroxylation sites is 1. The van der Waals surface area contributed by atoms with E-state index >= 15 is 0 Å². The normalized spacial score (nSPS) is 17.8. The molecule has 1 amide bonds. The van der Waals surface area contributed by atoms with E-state index in [-0.39, 0.29) is 11.9 Å². The van der Waals surface area contributed by atoms with Crippen molar-refractivity contribution in [2.24, 2.45) is 0 Å². The first-order valence-electron chi connectivity index (χ1n) is 7.81. The Bertz CT molecular complexity index is 660. The Kier molecular flexibility index (Phi) is 4.88. The molecular formula is C18H21N3O2. The second-order valence-corrected chi connectivity index (χ2v) is 5.59. The summed E-state index contributed by atoms with van der Waals surface area (Å²) in [6.45, 7) is 2.24. The Labute approximate surface area is 136 Å². The lowest BCUT2D eigenvalue weighted by atomic mass is 10.0. The molecule has 0 radical (unpaired) electrons. The lowest BCUT2D eigenvalue weighted by molar-refractivity contribution is -0.133. The highest BCUT2D eigenvalue weighted by atomic mass is 16.5. The number of piperazine rings is 1. The highest BCUT2D eigenvalue weighted by molar-refractivity contribution is 5.79. The van der Waals surface area contributed by atoms with Crippen molar-refractivity contribution in [2.75, 3.05) is 26.7 Å². The molecule has 5 heteroatoms. The maximum Gasteiger partial charge on any atom is 0.227 e. The molecule has 0 bridgehead atoms. The number of nitrogens with zero attached hydrogens (tertiary/aromatic N) is 2. The summed E-state index contributed by atoms with van der Waals surface area (Å²) in [4.78, 5) is 18.8. The Morgan fingerprint density at radius 1 is 1.35 bits per heavy atom. The minimum absolute atomic E-state index is 0.0101. The Hall–Kier alpha value is -2.40. The first kappa shape index (κ1) is 15.5. The van der Waals surface area contributed by atoms with Crippen LogP contribution < -0.4 is 10.1 Å². The fourth-order valence-corrected chi connectivity index (χ4v) is 3.00. The number of aromatic nitrogens is 1. The standard InChI is InChI=1S/C18H21N3O2/c1-23-17-7-3-2-6-15(17)16-13-20-9-10-21(16)18(22)11-14-5-4-8-19-12-14/h2-8,12,16,20H,9-11,13H2,1H3/t16-/m1/s1. The molecule has 1 aliphatic rings. The minimum atomic E-state index is -0.0101. The maximum atomic E-state index is 12.8. The van der Waals surface area contributed by atoms with Crippen molar-refractivity contribution in [3.63, 3.8) is 0 Å². The van der Waals surface area contributed by atoms with E-state index in [1.54, 1.807) is 19.5 Å². The molecule has 2 aromatic rings. The monoisotopic (exact) mass is 311 g/mol. The fourth-order valence-electron chi connectivity index (χ4n) is 3.00. The third-order valence-corrected chi connectivity index (χ3v) is 4.14. The summed E-state index contributed by atoms with van der Waals surface area (Å²) in [5.41, 5.74) is 1.98. The Morgan fingerprint density at radius 3 is 3.00 bits per heavy atom. The maximum absolute atomic E-state index is 12.8. The number of amides is 1. The summed E-state index contributed by atoms with van der Waals surface area (Å²) >= 11 is 0. The van der Waals surface area contributed by atoms with Crippen LogP contribution in [-0.4, -0.2) is 42.5 Å². The molecule has 1 fully saturated rings. The summed E-state index contributed by atoms with van der Waals surface area (Å²) in [5.74, 6) is 0.941. The quantitative estimate of drug-likeness (QED) is 0.935. The summed E-state index contributed by atoms with van der Waals surface area (Å²) in [5, 5.41) is 3.37. The van der Waals surface area contributed by atoms with Crippen LogP contribution in [0, 0.1) is 0 Å². The van der Waals surface area contributed by atoms with Gasteiger partial charge in [-0.2, -0.15) is 0 Å². The van der Waals surface area contributed by atoms with Gasteiger partial charge in [0.15, 0.2) is 0 Å². The van der Waals surface area contributed by atoms with Crippen LogP contribution in [0.4, 0.5) is 0 Å². The van der Waals surface area contributed by atoms with Gasteiger partial charge in [0.2, 0.25) is 5.91 Å². The topological polar surface area (TPSA) is 54.5 Å². The number of carbonyl (C=O) groups excluding carboxylic acids is 1. The average molecular weight is 311 g/mol. The van der Waals surface area contributed by atoms with Gasteiger partial charge in [0.05, 0.1) is 19.6 Å². The Balaban J connectivity index is 1.82. The van der Waals surface area contributed by atoms with Crippen LogP contribution >= 0.6 is 0 Å². The molecule has 1 saturated heterocycles. The van der Waals surface area contributed by atoms with Gasteiger partial charge < -0.3 is 15.0 Å². The largest absolute Gasteiger partial charge is 0.496 e. The van der Waals surface area contributed by atoms with Gasteiger partial charge in [0.25, 0.3) is 0 Å². The van der Waals surface area contributed by atoms with E-state index in [4.69, 9.17) is 4.74 Å². The number of nitrogens with one attached hydrogen (secondary N) is 1. The van der Waals surface area contributed by atoms with Crippen LogP contribution in [0.1, 0.15) is 17.2 Å². The lowest BCUT2D eigenvalue weighted by Crippen LogP contribution is -2.49. The van der Waals surface area contributed by atoms with E-state index in [1.807, 2.05) is 41.3 Å². The van der Waals surface area contributed by atoms with Crippen molar-refractivity contribution >= 4 is 5.91 Å². The first-order valence-corrected chi connectivity index (χ1v) is 7.81. The predicted octanol–water partition coefficient (Wildman–Crippen LogP) is 1.81. The van der Waals surface area contributed by atoms with Crippen LogP contribution in [-0.2, 0) is 11.2 Å². The summed E-state index contributed by atoms with van der Waals surface area (Å²) in [6, 6.07) is 11.7. The molecule has 120 valence electrons. The fraction of sp³-hybridized carbons (Fsp3) is 0.333. The molecule has 5 nitrogen and oxygen atoms in total. The van der Waals surface area contributed by atoms with Gasteiger partial charge in [-0.1, -0.05) is 24.3 Å².